The summed E-state index contributed by atoms with van der Waals surface area (Å²) in [5, 5.41) is 15.1. The lowest BCUT2D eigenvalue weighted by molar-refractivity contribution is -0.128. The lowest BCUT2D eigenvalue weighted by Crippen LogP contribution is -2.39. The van der Waals surface area contributed by atoms with Gasteiger partial charge in [-0.2, -0.15) is 9.64 Å². The highest BCUT2D eigenvalue weighted by atomic mass is 32.1. The topological polar surface area (TPSA) is 105 Å². The Morgan fingerprint density at radius 1 is 1.21 bits per heavy atom. The molecule has 0 aliphatic carbocycles. The van der Waals surface area contributed by atoms with E-state index < -0.39 is 12.2 Å². The fourth-order valence-electron chi connectivity index (χ4n) is 3.52. The van der Waals surface area contributed by atoms with E-state index in [4.69, 9.17) is 10.00 Å². The van der Waals surface area contributed by atoms with E-state index in [2.05, 4.69) is 14.4 Å². The highest BCUT2D eigenvalue weighted by Gasteiger charge is 2.26. The second-order valence-electron chi connectivity index (χ2n) is 8.08. The summed E-state index contributed by atoms with van der Waals surface area (Å²) >= 11 is 1.29. The van der Waals surface area contributed by atoms with Gasteiger partial charge in [0.2, 0.25) is 0 Å². The van der Waals surface area contributed by atoms with Gasteiger partial charge in [-0.05, 0) is 65.3 Å². The molecule has 0 saturated carbocycles. The maximum Gasteiger partial charge on any atom is 0.513 e. The van der Waals surface area contributed by atoms with Crippen LogP contribution in [0.1, 0.15) is 26.0 Å². The summed E-state index contributed by atoms with van der Waals surface area (Å²) in [6, 6.07) is 10.7. The lowest BCUT2D eigenvalue weighted by Gasteiger charge is -2.22. The molecule has 1 N–H and O–H groups in total. The molecule has 1 aromatic heterocycles. The van der Waals surface area contributed by atoms with Crippen LogP contribution in [-0.4, -0.2) is 41.5 Å². The maximum absolute atomic E-state index is 12.8. The molecule has 0 radical (unpaired) electrons. The summed E-state index contributed by atoms with van der Waals surface area (Å²) in [5.41, 5.74) is 2.71. The zero-order chi connectivity index (χ0) is 24.1. The number of fused-ring (bicyclic) bond motifs is 1. The van der Waals surface area contributed by atoms with Crippen LogP contribution >= 0.6 is 11.5 Å². The second kappa shape index (κ2) is 10.3. The Morgan fingerprint density at radius 3 is 2.58 bits per heavy atom. The predicted octanol–water partition coefficient (Wildman–Crippen LogP) is 5.18. The number of methoxy groups -OCH3 is 1. The number of amides is 1. The smallest absolute Gasteiger partial charge is 0.437 e. The van der Waals surface area contributed by atoms with Crippen molar-refractivity contribution in [2.75, 3.05) is 19.5 Å². The second-order valence-corrected chi connectivity index (χ2v) is 8.85. The number of carbonyl (C=O) groups is 2. The number of hydrogen-bond acceptors (Lipinski definition) is 8. The van der Waals surface area contributed by atoms with Crippen molar-refractivity contribution >= 4 is 39.4 Å². The SMILES string of the molecule is COC(=O)Oc1ccc2cc(-c3c(C)nsc3NC(CC(C)C)C(=O)N(C)C#N)ccc2c1. The van der Waals surface area contributed by atoms with Gasteiger partial charge in [0, 0.05) is 12.6 Å². The zero-order valence-corrected chi connectivity index (χ0v) is 20.0. The first-order chi connectivity index (χ1) is 15.7. The number of carbonyl (C=O) groups excluding carboxylic acids is 2. The average molecular weight is 467 g/mol. The van der Waals surface area contributed by atoms with Crippen molar-refractivity contribution < 1.29 is 19.1 Å². The number of aryl methyl sites for hydroxylation is 1. The van der Waals surface area contributed by atoms with Gasteiger partial charge in [-0.15, -0.1) is 0 Å². The van der Waals surface area contributed by atoms with Crippen LogP contribution in [0.2, 0.25) is 0 Å². The van der Waals surface area contributed by atoms with Gasteiger partial charge in [0.1, 0.15) is 16.8 Å². The molecule has 1 amide bonds. The van der Waals surface area contributed by atoms with E-state index in [-0.39, 0.29) is 11.8 Å². The minimum Gasteiger partial charge on any atom is -0.437 e. The summed E-state index contributed by atoms with van der Waals surface area (Å²) in [6.07, 6.45) is 1.70. The number of rotatable bonds is 7. The van der Waals surface area contributed by atoms with Gasteiger partial charge in [0.15, 0.2) is 6.19 Å². The Hall–Kier alpha value is -3.64. The van der Waals surface area contributed by atoms with Crippen LogP contribution in [0, 0.1) is 24.3 Å². The molecular weight excluding hydrogens is 440 g/mol. The van der Waals surface area contributed by atoms with Crippen LogP contribution in [0.25, 0.3) is 21.9 Å². The fourth-order valence-corrected chi connectivity index (χ4v) is 4.39. The molecule has 1 atom stereocenters. The van der Waals surface area contributed by atoms with E-state index in [1.54, 1.807) is 12.1 Å². The molecule has 1 heterocycles. The third kappa shape index (κ3) is 5.59. The maximum atomic E-state index is 12.8. The summed E-state index contributed by atoms with van der Waals surface area (Å²) < 4.78 is 14.1. The van der Waals surface area contributed by atoms with E-state index in [0.717, 1.165) is 37.5 Å². The standard InChI is InChI=1S/C24H26N4O4S/c1-14(2)10-20(23(29)28(4)13-25)26-22-21(15(3)27-33-22)18-7-6-17-12-19(32-24(30)31-5)9-8-16(17)11-18/h6-9,11-12,14,20,26H,10H2,1-5H3. The number of nitrogens with zero attached hydrogens (tertiary/aromatic N) is 3. The summed E-state index contributed by atoms with van der Waals surface area (Å²) in [6.45, 7) is 6.00. The third-order valence-corrected chi connectivity index (χ3v) is 5.99. The quantitative estimate of drug-likeness (QED) is 0.221. The normalized spacial score (nSPS) is 11.7. The van der Waals surface area contributed by atoms with Gasteiger partial charge >= 0.3 is 6.16 Å². The van der Waals surface area contributed by atoms with Gasteiger partial charge < -0.3 is 14.8 Å². The van der Waals surface area contributed by atoms with Crippen LogP contribution in [0.3, 0.4) is 0 Å². The number of ether oxygens (including phenoxy) is 2. The van der Waals surface area contributed by atoms with Crippen molar-refractivity contribution in [1.29, 1.82) is 5.26 Å². The van der Waals surface area contributed by atoms with Crippen LogP contribution in [0.5, 0.6) is 5.75 Å². The molecule has 0 saturated heterocycles. The Bertz CT molecular complexity index is 1210. The van der Waals surface area contributed by atoms with Gasteiger partial charge in [-0.25, -0.2) is 4.79 Å². The molecule has 8 nitrogen and oxygen atoms in total. The van der Waals surface area contributed by atoms with Gasteiger partial charge in [-0.3, -0.25) is 9.69 Å². The Labute approximate surface area is 196 Å². The van der Waals surface area contributed by atoms with E-state index in [1.165, 1.54) is 25.7 Å². The number of nitriles is 1. The van der Waals surface area contributed by atoms with Crippen molar-refractivity contribution in [3.8, 4) is 23.1 Å². The fraction of sp³-hybridized carbons (Fsp3) is 0.333. The summed E-state index contributed by atoms with van der Waals surface area (Å²) in [4.78, 5) is 25.2. The van der Waals surface area contributed by atoms with E-state index in [1.807, 2.05) is 51.2 Å². The van der Waals surface area contributed by atoms with Gasteiger partial charge in [-0.1, -0.05) is 32.0 Å². The van der Waals surface area contributed by atoms with E-state index in [0.29, 0.717) is 12.2 Å². The molecule has 3 rings (SSSR count). The summed E-state index contributed by atoms with van der Waals surface area (Å²) in [5.74, 6) is 0.382. The molecule has 0 aliphatic rings. The average Bonchev–Trinajstić information content (AvgIpc) is 3.16. The number of likely N-dealkylation sites (N-methyl/N-ethyl adjacent to an activating group) is 1. The third-order valence-electron chi connectivity index (χ3n) is 5.12. The molecule has 1 unspecified atom stereocenters. The minimum absolute atomic E-state index is 0.262. The Kier molecular flexibility index (Phi) is 7.51. The number of nitrogens with one attached hydrogen (secondary N) is 1. The number of hydrogen-bond donors (Lipinski definition) is 1. The molecule has 9 heteroatoms. The molecule has 3 aromatic rings. The monoisotopic (exact) mass is 466 g/mol. The summed E-state index contributed by atoms with van der Waals surface area (Å²) in [7, 11) is 2.73. The molecule has 0 bridgehead atoms. The Balaban J connectivity index is 1.94. The first kappa shape index (κ1) is 24.0. The number of anilines is 1. The largest absolute Gasteiger partial charge is 0.513 e. The molecule has 33 heavy (non-hydrogen) atoms. The van der Waals surface area contributed by atoms with Crippen molar-refractivity contribution in [2.24, 2.45) is 5.92 Å². The van der Waals surface area contributed by atoms with Crippen molar-refractivity contribution in [2.45, 2.75) is 33.2 Å². The van der Waals surface area contributed by atoms with Crippen molar-refractivity contribution in [3.05, 3.63) is 42.1 Å². The van der Waals surface area contributed by atoms with Crippen LogP contribution in [-0.2, 0) is 9.53 Å². The Morgan fingerprint density at radius 2 is 1.91 bits per heavy atom. The zero-order valence-electron chi connectivity index (χ0n) is 19.2. The van der Waals surface area contributed by atoms with E-state index in [9.17, 15) is 9.59 Å². The molecule has 0 fully saturated rings. The van der Waals surface area contributed by atoms with Crippen molar-refractivity contribution in [3.63, 3.8) is 0 Å². The highest BCUT2D eigenvalue weighted by Crippen LogP contribution is 2.37. The first-order valence-electron chi connectivity index (χ1n) is 10.4. The number of aromatic nitrogens is 1. The van der Waals surface area contributed by atoms with Gasteiger partial charge in [0.25, 0.3) is 5.91 Å². The lowest BCUT2D eigenvalue weighted by atomic mass is 10.00. The molecule has 0 spiro atoms. The highest BCUT2D eigenvalue weighted by molar-refractivity contribution is 7.11. The molecule has 172 valence electrons. The van der Waals surface area contributed by atoms with Crippen LogP contribution in [0.15, 0.2) is 36.4 Å². The minimum atomic E-state index is -0.769. The first-order valence-corrected chi connectivity index (χ1v) is 11.2. The van der Waals surface area contributed by atoms with Gasteiger partial charge in [0.05, 0.1) is 12.8 Å². The van der Waals surface area contributed by atoms with Crippen LogP contribution < -0.4 is 10.1 Å². The van der Waals surface area contributed by atoms with E-state index >= 15 is 0 Å². The molecular formula is C24H26N4O4S. The molecule has 2 aromatic carbocycles. The van der Waals surface area contributed by atoms with Crippen LogP contribution in [0.4, 0.5) is 9.80 Å². The van der Waals surface area contributed by atoms with Crippen molar-refractivity contribution in [1.82, 2.24) is 9.27 Å². The predicted molar refractivity (Wildman–Crippen MR) is 128 cm³/mol. The number of benzene rings is 2. The molecule has 0 aliphatic heterocycles.